The molecule has 0 radical (unpaired) electrons. The third-order valence-electron chi connectivity index (χ3n) is 4.41. The van der Waals surface area contributed by atoms with Gasteiger partial charge < -0.3 is 5.32 Å². The van der Waals surface area contributed by atoms with Gasteiger partial charge in [-0.05, 0) is 53.6 Å². The lowest BCUT2D eigenvalue weighted by atomic mass is 9.95. The van der Waals surface area contributed by atoms with Crippen molar-refractivity contribution < 1.29 is 0 Å². The summed E-state index contributed by atoms with van der Waals surface area (Å²) >= 11 is 0. The minimum Gasteiger partial charge on any atom is -0.310 e. The Morgan fingerprint density at radius 3 is 2.67 bits per heavy atom. The smallest absolute Gasteiger partial charge is 0.0329 e. The summed E-state index contributed by atoms with van der Waals surface area (Å²) < 4.78 is 0. The highest BCUT2D eigenvalue weighted by Gasteiger charge is 2.33. The van der Waals surface area contributed by atoms with Crippen LogP contribution in [0.1, 0.15) is 35.9 Å². The lowest BCUT2D eigenvalue weighted by molar-refractivity contribution is 0.410. The van der Waals surface area contributed by atoms with Crippen molar-refractivity contribution in [1.29, 1.82) is 0 Å². The van der Waals surface area contributed by atoms with Crippen molar-refractivity contribution in [3.05, 3.63) is 59.7 Å². The summed E-state index contributed by atoms with van der Waals surface area (Å²) in [6.07, 6.45) is 2.60. The Morgan fingerprint density at radius 1 is 0.889 bits per heavy atom. The summed E-state index contributed by atoms with van der Waals surface area (Å²) in [5.41, 5.74) is 5.80. The van der Waals surface area contributed by atoms with E-state index in [4.69, 9.17) is 0 Å². The Kier molecular flexibility index (Phi) is 2.27. The maximum absolute atomic E-state index is 3.65. The highest BCUT2D eigenvalue weighted by Crippen LogP contribution is 2.45. The zero-order chi connectivity index (χ0) is 11.9. The van der Waals surface area contributed by atoms with E-state index in [2.05, 4.69) is 53.8 Å². The second-order valence-corrected chi connectivity index (χ2v) is 5.44. The van der Waals surface area contributed by atoms with Crippen LogP contribution >= 0.6 is 0 Å². The Hall–Kier alpha value is -1.60. The lowest BCUT2D eigenvalue weighted by Crippen LogP contribution is -2.25. The van der Waals surface area contributed by atoms with Gasteiger partial charge >= 0.3 is 0 Å². The third kappa shape index (κ3) is 1.51. The zero-order valence-corrected chi connectivity index (χ0v) is 10.4. The summed E-state index contributed by atoms with van der Waals surface area (Å²) in [7, 11) is 0. The van der Waals surface area contributed by atoms with Crippen LogP contribution in [0.4, 0.5) is 0 Å². The normalized spacial score (nSPS) is 24.9. The Bertz CT molecular complexity index is 573. The Labute approximate surface area is 108 Å². The summed E-state index contributed by atoms with van der Waals surface area (Å²) in [6.45, 7) is 1.17. The molecule has 1 N–H and O–H groups in total. The first kappa shape index (κ1) is 10.3. The first-order valence-corrected chi connectivity index (χ1v) is 6.84. The van der Waals surface area contributed by atoms with Crippen molar-refractivity contribution in [2.75, 3.05) is 6.54 Å². The number of nitrogens with one attached hydrogen (secondary N) is 1. The average molecular weight is 235 g/mol. The molecule has 18 heavy (non-hydrogen) atoms. The van der Waals surface area contributed by atoms with Gasteiger partial charge in [0.25, 0.3) is 0 Å². The molecular formula is C17H17N. The second kappa shape index (κ2) is 3.96. The monoisotopic (exact) mass is 235 g/mol. The van der Waals surface area contributed by atoms with Crippen molar-refractivity contribution in [3.8, 4) is 11.1 Å². The Balaban J connectivity index is 1.81. The quantitative estimate of drug-likeness (QED) is 0.791. The van der Waals surface area contributed by atoms with E-state index in [1.165, 1.54) is 30.5 Å². The van der Waals surface area contributed by atoms with Gasteiger partial charge in [0, 0.05) is 6.04 Å². The van der Waals surface area contributed by atoms with Gasteiger partial charge in [-0.3, -0.25) is 0 Å². The fourth-order valence-corrected chi connectivity index (χ4v) is 3.50. The predicted molar refractivity (Wildman–Crippen MR) is 74.6 cm³/mol. The van der Waals surface area contributed by atoms with Crippen LogP contribution in [0.15, 0.2) is 48.5 Å². The standard InChI is InChI=1S/C17H17N/c1-2-4-12(5-3-1)13-6-7-15-14-8-9-18-17(11-14)16(15)10-13/h1-7,10,14,17-18H,8-9,11H2/t14-,17-/m1/s1. The maximum atomic E-state index is 3.65. The highest BCUT2D eigenvalue weighted by molar-refractivity contribution is 5.66. The van der Waals surface area contributed by atoms with Crippen LogP contribution in [0.5, 0.6) is 0 Å². The van der Waals surface area contributed by atoms with Crippen LogP contribution < -0.4 is 5.32 Å². The number of fused-ring (bicyclic) bond motifs is 5. The predicted octanol–water partition coefficient (Wildman–Crippen LogP) is 3.88. The summed E-state index contributed by atoms with van der Waals surface area (Å²) in [6, 6.07) is 18.3. The number of benzene rings is 2. The number of hydrogen-bond donors (Lipinski definition) is 1. The molecule has 1 saturated heterocycles. The molecule has 90 valence electrons. The maximum Gasteiger partial charge on any atom is 0.0329 e. The van der Waals surface area contributed by atoms with Crippen LogP contribution in [-0.2, 0) is 0 Å². The second-order valence-electron chi connectivity index (χ2n) is 5.44. The summed E-state index contributed by atoms with van der Waals surface area (Å²) in [5, 5.41) is 3.65. The molecule has 1 fully saturated rings. The van der Waals surface area contributed by atoms with E-state index in [-0.39, 0.29) is 0 Å². The van der Waals surface area contributed by atoms with Crippen molar-refractivity contribution in [2.45, 2.75) is 24.8 Å². The fourth-order valence-electron chi connectivity index (χ4n) is 3.50. The van der Waals surface area contributed by atoms with E-state index in [0.717, 1.165) is 5.92 Å². The summed E-state index contributed by atoms with van der Waals surface area (Å²) in [5.74, 6) is 0.802. The van der Waals surface area contributed by atoms with Gasteiger partial charge in [0.2, 0.25) is 0 Å². The van der Waals surface area contributed by atoms with E-state index in [9.17, 15) is 0 Å². The van der Waals surface area contributed by atoms with Crippen molar-refractivity contribution >= 4 is 0 Å². The molecule has 0 unspecified atom stereocenters. The molecule has 2 aliphatic rings. The van der Waals surface area contributed by atoms with Crippen LogP contribution in [0, 0.1) is 0 Å². The van der Waals surface area contributed by atoms with E-state index in [0.29, 0.717) is 6.04 Å². The topological polar surface area (TPSA) is 12.0 Å². The Morgan fingerprint density at radius 2 is 1.78 bits per heavy atom. The highest BCUT2D eigenvalue weighted by atomic mass is 14.9. The molecule has 1 heterocycles. The van der Waals surface area contributed by atoms with Gasteiger partial charge in [0.15, 0.2) is 0 Å². The van der Waals surface area contributed by atoms with E-state index >= 15 is 0 Å². The van der Waals surface area contributed by atoms with Crippen molar-refractivity contribution in [2.24, 2.45) is 0 Å². The zero-order valence-electron chi connectivity index (χ0n) is 10.4. The number of rotatable bonds is 1. The number of piperidine rings is 1. The van der Waals surface area contributed by atoms with Crippen LogP contribution in [0.2, 0.25) is 0 Å². The molecule has 1 heteroatoms. The first-order valence-electron chi connectivity index (χ1n) is 6.84. The molecule has 4 rings (SSSR count). The molecule has 1 nitrogen and oxygen atoms in total. The molecule has 1 aliphatic carbocycles. The average Bonchev–Trinajstić information content (AvgIpc) is 2.71. The molecule has 0 spiro atoms. The van der Waals surface area contributed by atoms with E-state index < -0.39 is 0 Å². The lowest BCUT2D eigenvalue weighted by Gasteiger charge is -2.20. The van der Waals surface area contributed by atoms with Crippen LogP contribution in [0.3, 0.4) is 0 Å². The van der Waals surface area contributed by atoms with Gasteiger partial charge in [0.05, 0.1) is 0 Å². The van der Waals surface area contributed by atoms with Crippen LogP contribution in [-0.4, -0.2) is 6.54 Å². The van der Waals surface area contributed by atoms with Gasteiger partial charge in [-0.2, -0.15) is 0 Å². The molecule has 0 aromatic heterocycles. The molecule has 2 aromatic carbocycles. The molecule has 0 amide bonds. The molecule has 2 aromatic rings. The van der Waals surface area contributed by atoms with Crippen LogP contribution in [0.25, 0.3) is 11.1 Å². The van der Waals surface area contributed by atoms with Gasteiger partial charge in [-0.1, -0.05) is 42.5 Å². The molecule has 2 bridgehead atoms. The number of hydrogen-bond acceptors (Lipinski definition) is 1. The molecular weight excluding hydrogens is 218 g/mol. The molecule has 0 saturated carbocycles. The van der Waals surface area contributed by atoms with E-state index in [1.807, 2.05) is 0 Å². The van der Waals surface area contributed by atoms with Crippen molar-refractivity contribution in [3.63, 3.8) is 0 Å². The fraction of sp³-hybridized carbons (Fsp3) is 0.294. The summed E-state index contributed by atoms with van der Waals surface area (Å²) in [4.78, 5) is 0. The van der Waals surface area contributed by atoms with Gasteiger partial charge in [-0.25, -0.2) is 0 Å². The molecule has 1 aliphatic heterocycles. The minimum atomic E-state index is 0.599. The van der Waals surface area contributed by atoms with Gasteiger partial charge in [0.1, 0.15) is 0 Å². The molecule has 2 atom stereocenters. The van der Waals surface area contributed by atoms with Crippen molar-refractivity contribution in [1.82, 2.24) is 5.32 Å². The van der Waals surface area contributed by atoms with E-state index in [1.54, 1.807) is 11.1 Å². The SMILES string of the molecule is c1ccc(-c2ccc3c(c2)[C@H]2C[C@H]3CCN2)cc1. The third-order valence-corrected chi connectivity index (χ3v) is 4.41. The first-order chi connectivity index (χ1) is 8.92. The minimum absolute atomic E-state index is 0.599. The largest absolute Gasteiger partial charge is 0.310 e. The van der Waals surface area contributed by atoms with Gasteiger partial charge in [-0.15, -0.1) is 0 Å².